The Kier molecular flexibility index (Phi) is 5.51. The molecule has 0 aromatic carbocycles. The van der Waals surface area contributed by atoms with Gasteiger partial charge < -0.3 is 4.74 Å². The second kappa shape index (κ2) is 6.44. The highest BCUT2D eigenvalue weighted by Crippen LogP contribution is 2.25. The molecule has 0 saturated heterocycles. The molecule has 1 aromatic rings. The molecule has 7 heteroatoms. The van der Waals surface area contributed by atoms with Gasteiger partial charge in [-0.1, -0.05) is 0 Å². The third kappa shape index (κ3) is 3.48. The van der Waals surface area contributed by atoms with Gasteiger partial charge >= 0.3 is 5.97 Å². The topological polar surface area (TPSA) is 39.2 Å². The van der Waals surface area contributed by atoms with Crippen LogP contribution in [0.3, 0.4) is 0 Å². The number of carbonyl (C=O) groups excluding carboxylic acids is 1. The number of esters is 1. The number of aromatic nitrogens is 1. The van der Waals surface area contributed by atoms with Gasteiger partial charge in [0.15, 0.2) is 5.69 Å². The van der Waals surface area contributed by atoms with Gasteiger partial charge in [0, 0.05) is 9.45 Å². The van der Waals surface area contributed by atoms with E-state index < -0.39 is 18.1 Å². The Morgan fingerprint density at radius 2 is 2.29 bits per heavy atom. The van der Waals surface area contributed by atoms with Crippen LogP contribution < -0.4 is 0 Å². The summed E-state index contributed by atoms with van der Waals surface area (Å²) in [5.41, 5.74) is -0.348. The summed E-state index contributed by atoms with van der Waals surface area (Å²) in [6, 6.07) is 1.42. The van der Waals surface area contributed by atoms with Crippen LogP contribution >= 0.6 is 34.2 Å². The van der Waals surface area contributed by atoms with Crippen LogP contribution in [-0.4, -0.2) is 17.6 Å². The molecule has 0 N–H and O–H groups in total. The van der Waals surface area contributed by atoms with Gasteiger partial charge in [0.2, 0.25) is 0 Å². The summed E-state index contributed by atoms with van der Waals surface area (Å²) in [7, 11) is 0. The number of ether oxygens (including phenoxy) is 1. The summed E-state index contributed by atoms with van der Waals surface area (Å²) >= 11 is 7.39. The van der Waals surface area contributed by atoms with Gasteiger partial charge in [-0.2, -0.15) is 0 Å². The molecule has 0 amide bonds. The molecule has 0 saturated carbocycles. The highest BCUT2D eigenvalue weighted by molar-refractivity contribution is 14.1. The van der Waals surface area contributed by atoms with E-state index in [1.807, 2.05) is 22.6 Å². The van der Waals surface area contributed by atoms with Crippen molar-refractivity contribution in [3.8, 4) is 0 Å². The Hall–Kier alpha value is -0.500. The molecule has 0 fully saturated rings. The van der Waals surface area contributed by atoms with Crippen LogP contribution in [0.2, 0.25) is 0 Å². The minimum absolute atomic E-state index is 0.0776. The van der Waals surface area contributed by atoms with Crippen LogP contribution in [0.5, 0.6) is 0 Å². The van der Waals surface area contributed by atoms with Gasteiger partial charge in [-0.15, -0.1) is 11.6 Å². The number of nitrogens with zero attached hydrogens (tertiary/aromatic N) is 1. The van der Waals surface area contributed by atoms with E-state index in [1.54, 1.807) is 6.92 Å². The SMILES string of the molecule is CCOC(=O)c1nc(C(F)F)c(CCl)cc1I. The highest BCUT2D eigenvalue weighted by Gasteiger charge is 2.21. The molecule has 0 unspecified atom stereocenters. The summed E-state index contributed by atoms with van der Waals surface area (Å²) in [4.78, 5) is 15.1. The van der Waals surface area contributed by atoms with Crippen molar-refractivity contribution in [3.63, 3.8) is 0 Å². The van der Waals surface area contributed by atoms with Crippen LogP contribution in [0.1, 0.15) is 35.1 Å². The lowest BCUT2D eigenvalue weighted by molar-refractivity contribution is 0.0516. The summed E-state index contributed by atoms with van der Waals surface area (Å²) in [5.74, 6) is -0.786. The lowest BCUT2D eigenvalue weighted by atomic mass is 10.2. The third-order valence-corrected chi connectivity index (χ3v) is 3.02. The quantitative estimate of drug-likeness (QED) is 0.459. The number of alkyl halides is 3. The van der Waals surface area contributed by atoms with Gasteiger partial charge in [0.25, 0.3) is 6.43 Å². The van der Waals surface area contributed by atoms with Gasteiger partial charge in [-0.05, 0) is 41.1 Å². The van der Waals surface area contributed by atoms with Crippen LogP contribution in [0.15, 0.2) is 6.07 Å². The van der Waals surface area contributed by atoms with Crippen LogP contribution in [-0.2, 0) is 10.6 Å². The first kappa shape index (κ1) is 14.6. The number of rotatable bonds is 4. The summed E-state index contributed by atoms with van der Waals surface area (Å²) in [6.07, 6.45) is -2.77. The summed E-state index contributed by atoms with van der Waals surface area (Å²) in [6.45, 7) is 1.80. The van der Waals surface area contributed by atoms with Crippen molar-refractivity contribution in [2.24, 2.45) is 0 Å². The maximum atomic E-state index is 12.7. The zero-order chi connectivity index (χ0) is 13.0. The van der Waals surface area contributed by atoms with Gasteiger partial charge in [0.05, 0.1) is 6.61 Å². The van der Waals surface area contributed by atoms with E-state index in [4.69, 9.17) is 16.3 Å². The average molecular weight is 376 g/mol. The Labute approximate surface area is 116 Å². The van der Waals surface area contributed by atoms with E-state index in [0.29, 0.717) is 3.57 Å². The van der Waals surface area contributed by atoms with Gasteiger partial charge in [0.1, 0.15) is 5.69 Å². The monoisotopic (exact) mass is 375 g/mol. The Morgan fingerprint density at radius 1 is 1.65 bits per heavy atom. The first-order valence-corrected chi connectivity index (χ1v) is 6.33. The number of hydrogen-bond donors (Lipinski definition) is 0. The van der Waals surface area contributed by atoms with Gasteiger partial charge in [-0.25, -0.2) is 18.6 Å². The van der Waals surface area contributed by atoms with Crippen molar-refractivity contribution < 1.29 is 18.3 Å². The molecule has 1 aromatic heterocycles. The van der Waals surface area contributed by atoms with Crippen molar-refractivity contribution in [3.05, 3.63) is 26.6 Å². The van der Waals surface area contributed by atoms with E-state index in [2.05, 4.69) is 4.98 Å². The van der Waals surface area contributed by atoms with E-state index in [0.717, 1.165) is 0 Å². The molecule has 0 aliphatic rings. The van der Waals surface area contributed by atoms with Crippen molar-refractivity contribution in [1.82, 2.24) is 4.98 Å². The fraction of sp³-hybridized carbons (Fsp3) is 0.400. The van der Waals surface area contributed by atoms with E-state index >= 15 is 0 Å². The third-order valence-electron chi connectivity index (χ3n) is 1.91. The van der Waals surface area contributed by atoms with Crippen molar-refractivity contribution in [1.29, 1.82) is 0 Å². The number of halogens is 4. The molecule has 0 aliphatic heterocycles. The predicted octanol–water partition coefficient (Wildman–Crippen LogP) is 3.54. The summed E-state index contributed by atoms with van der Waals surface area (Å²) < 4.78 is 30.6. The fourth-order valence-corrected chi connectivity index (χ4v) is 2.11. The molecule has 0 aliphatic carbocycles. The lowest BCUT2D eigenvalue weighted by Crippen LogP contribution is -2.12. The summed E-state index contributed by atoms with van der Waals surface area (Å²) in [5, 5.41) is 0. The fourth-order valence-electron chi connectivity index (χ4n) is 1.18. The minimum atomic E-state index is -2.77. The normalized spacial score (nSPS) is 10.7. The molecule has 94 valence electrons. The van der Waals surface area contributed by atoms with Crippen LogP contribution in [0.25, 0.3) is 0 Å². The number of pyridine rings is 1. The van der Waals surface area contributed by atoms with Gasteiger partial charge in [-0.3, -0.25) is 0 Å². The molecule has 1 rings (SSSR count). The molecular formula is C10H9ClF2INO2. The average Bonchev–Trinajstić information content (AvgIpc) is 2.28. The van der Waals surface area contributed by atoms with Crippen LogP contribution in [0, 0.1) is 3.57 Å². The first-order valence-electron chi connectivity index (χ1n) is 4.71. The van der Waals surface area contributed by atoms with Crippen molar-refractivity contribution in [2.45, 2.75) is 19.2 Å². The maximum absolute atomic E-state index is 12.7. The molecule has 17 heavy (non-hydrogen) atoms. The predicted molar refractivity (Wildman–Crippen MR) is 67.4 cm³/mol. The molecular weight excluding hydrogens is 366 g/mol. The Morgan fingerprint density at radius 3 is 2.76 bits per heavy atom. The molecule has 0 spiro atoms. The molecule has 1 heterocycles. The molecule has 3 nitrogen and oxygen atoms in total. The van der Waals surface area contributed by atoms with Crippen molar-refractivity contribution >= 4 is 40.2 Å². The number of hydrogen-bond acceptors (Lipinski definition) is 3. The maximum Gasteiger partial charge on any atom is 0.358 e. The second-order valence-electron chi connectivity index (χ2n) is 3.02. The standard InChI is InChI=1S/C10H9ClF2INO2/c1-2-17-10(16)8-6(14)3-5(4-11)7(15-8)9(12)13/h3,9H,2,4H2,1H3. The Bertz CT molecular complexity index is 429. The zero-order valence-corrected chi connectivity index (χ0v) is 11.8. The molecule has 0 radical (unpaired) electrons. The first-order chi connectivity index (χ1) is 8.01. The van der Waals surface area contributed by atoms with E-state index in [-0.39, 0.29) is 23.7 Å². The zero-order valence-electron chi connectivity index (χ0n) is 8.84. The Balaban J connectivity index is 3.24. The van der Waals surface area contributed by atoms with Crippen LogP contribution in [0.4, 0.5) is 8.78 Å². The number of carbonyl (C=O) groups is 1. The van der Waals surface area contributed by atoms with E-state index in [9.17, 15) is 13.6 Å². The smallest absolute Gasteiger partial charge is 0.358 e. The highest BCUT2D eigenvalue weighted by atomic mass is 127. The minimum Gasteiger partial charge on any atom is -0.461 e. The van der Waals surface area contributed by atoms with E-state index in [1.165, 1.54) is 6.07 Å². The lowest BCUT2D eigenvalue weighted by Gasteiger charge is -2.09. The largest absolute Gasteiger partial charge is 0.461 e. The molecule has 0 bridgehead atoms. The second-order valence-corrected chi connectivity index (χ2v) is 4.45. The van der Waals surface area contributed by atoms with Crippen molar-refractivity contribution in [2.75, 3.05) is 6.61 Å². The molecule has 0 atom stereocenters.